The van der Waals surface area contributed by atoms with E-state index in [1.165, 1.54) is 19.2 Å². The highest BCUT2D eigenvalue weighted by Crippen LogP contribution is 2.33. The van der Waals surface area contributed by atoms with E-state index in [0.717, 1.165) is 10.0 Å². The lowest BCUT2D eigenvalue weighted by molar-refractivity contribution is 0.102. The molecule has 0 saturated heterocycles. The van der Waals surface area contributed by atoms with Crippen LogP contribution in [-0.4, -0.2) is 33.5 Å². The van der Waals surface area contributed by atoms with E-state index in [-0.39, 0.29) is 22.0 Å². The molecular formula is C25H22BrClN6O3. The Labute approximate surface area is 220 Å². The number of aromatic nitrogens is 3. The van der Waals surface area contributed by atoms with Crippen molar-refractivity contribution in [1.82, 2.24) is 14.5 Å². The molecule has 0 saturated carbocycles. The zero-order valence-electron chi connectivity index (χ0n) is 19.3. The molecule has 4 aromatic rings. The first-order chi connectivity index (χ1) is 17.3. The topological polar surface area (TPSA) is 124 Å². The van der Waals surface area contributed by atoms with Crippen molar-refractivity contribution < 1.29 is 14.3 Å². The number of methoxy groups -OCH3 is 1. The van der Waals surface area contributed by atoms with Crippen molar-refractivity contribution in [1.29, 1.82) is 0 Å². The number of hydrogen-bond acceptors (Lipinski definition) is 6. The van der Waals surface area contributed by atoms with Crippen LogP contribution in [0.1, 0.15) is 38.1 Å². The highest BCUT2D eigenvalue weighted by atomic mass is 79.9. The molecule has 2 heterocycles. The van der Waals surface area contributed by atoms with Crippen molar-refractivity contribution in [2.75, 3.05) is 17.7 Å². The van der Waals surface area contributed by atoms with Gasteiger partial charge in [-0.3, -0.25) is 9.59 Å². The number of nitrogens with zero attached hydrogens (tertiary/aromatic N) is 3. The number of carbonyl (C=O) groups excluding carboxylic acids is 2. The number of aryl methyl sites for hydroxylation is 1. The van der Waals surface area contributed by atoms with E-state index < -0.39 is 17.9 Å². The molecule has 0 aliphatic heterocycles. The Bertz CT molecular complexity index is 1410. The van der Waals surface area contributed by atoms with E-state index in [4.69, 9.17) is 22.1 Å². The number of ether oxygens (including phenoxy) is 1. The van der Waals surface area contributed by atoms with E-state index in [9.17, 15) is 9.59 Å². The Balaban J connectivity index is 1.58. The number of imidazole rings is 1. The predicted molar refractivity (Wildman–Crippen MR) is 142 cm³/mol. The molecule has 9 nitrogen and oxygen atoms in total. The molecule has 4 rings (SSSR count). The van der Waals surface area contributed by atoms with Crippen LogP contribution < -0.4 is 21.1 Å². The predicted octanol–water partition coefficient (Wildman–Crippen LogP) is 4.79. The smallest absolute Gasteiger partial charge is 0.259 e. The Hall–Kier alpha value is -3.73. The molecule has 2 aromatic heterocycles. The number of amides is 2. The number of anilines is 2. The lowest BCUT2D eigenvalue weighted by Crippen LogP contribution is -2.20. The third kappa shape index (κ3) is 5.56. The van der Waals surface area contributed by atoms with Crippen LogP contribution in [0.4, 0.5) is 11.5 Å². The van der Waals surface area contributed by atoms with Gasteiger partial charge in [0.15, 0.2) is 0 Å². The van der Waals surface area contributed by atoms with Gasteiger partial charge in [0.05, 0.1) is 24.4 Å². The summed E-state index contributed by atoms with van der Waals surface area (Å²) in [4.78, 5) is 34.6. The average Bonchev–Trinajstić information content (AvgIpc) is 3.31. The summed E-state index contributed by atoms with van der Waals surface area (Å²) in [5.41, 5.74) is 7.78. The van der Waals surface area contributed by atoms with Gasteiger partial charge in [-0.2, -0.15) is 0 Å². The Morgan fingerprint density at radius 3 is 2.44 bits per heavy atom. The number of pyridine rings is 1. The molecule has 2 amide bonds. The van der Waals surface area contributed by atoms with Crippen molar-refractivity contribution in [3.63, 3.8) is 0 Å². The van der Waals surface area contributed by atoms with Crippen LogP contribution in [0.2, 0.25) is 5.02 Å². The van der Waals surface area contributed by atoms with Crippen molar-refractivity contribution in [2.24, 2.45) is 12.8 Å². The Morgan fingerprint density at radius 2 is 1.83 bits per heavy atom. The van der Waals surface area contributed by atoms with Gasteiger partial charge < -0.3 is 25.7 Å². The summed E-state index contributed by atoms with van der Waals surface area (Å²) in [5.74, 6) is 0.312. The lowest BCUT2D eigenvalue weighted by atomic mass is 10.0. The second kappa shape index (κ2) is 10.9. The standard InChI is InChI=1S/C25H22BrClN6O3/c1-33-10-9-29-23(33)21(28)14-3-5-15(6-4-14)24(34)32-22-18(11-17(27)12-19(22)36-2)25(35)31-20-8-7-16(26)13-30-20/h3-13,21H,28H2,1-2H3,(H,32,34)(H,30,31,35). The van der Waals surface area contributed by atoms with Gasteiger partial charge in [0.1, 0.15) is 17.4 Å². The maximum atomic E-state index is 13.1. The van der Waals surface area contributed by atoms with Gasteiger partial charge in [0.2, 0.25) is 0 Å². The molecule has 0 aliphatic carbocycles. The summed E-state index contributed by atoms with van der Waals surface area (Å²) < 4.78 is 8.01. The van der Waals surface area contributed by atoms with Gasteiger partial charge in [-0.25, -0.2) is 9.97 Å². The summed E-state index contributed by atoms with van der Waals surface area (Å²) in [6, 6.07) is 12.7. The molecule has 184 valence electrons. The Kier molecular flexibility index (Phi) is 7.68. The SMILES string of the molecule is COc1cc(Cl)cc(C(=O)Nc2ccc(Br)cn2)c1NC(=O)c1ccc(C(N)c2nccn2C)cc1. The van der Waals surface area contributed by atoms with E-state index >= 15 is 0 Å². The molecule has 0 bridgehead atoms. The van der Waals surface area contributed by atoms with Crippen LogP contribution in [0, 0.1) is 0 Å². The minimum atomic E-state index is -0.516. The monoisotopic (exact) mass is 568 g/mol. The molecule has 2 aromatic carbocycles. The first-order valence-electron chi connectivity index (χ1n) is 10.7. The third-order valence-corrected chi connectivity index (χ3v) is 6.09. The van der Waals surface area contributed by atoms with E-state index in [2.05, 4.69) is 36.5 Å². The van der Waals surface area contributed by atoms with Gasteiger partial charge in [-0.05, 0) is 51.8 Å². The van der Waals surface area contributed by atoms with Crippen LogP contribution >= 0.6 is 27.5 Å². The van der Waals surface area contributed by atoms with Crippen LogP contribution in [0.25, 0.3) is 0 Å². The third-order valence-electron chi connectivity index (χ3n) is 5.41. The summed E-state index contributed by atoms with van der Waals surface area (Å²) in [6.07, 6.45) is 5.05. The van der Waals surface area contributed by atoms with Crippen molar-refractivity contribution in [3.8, 4) is 5.75 Å². The largest absolute Gasteiger partial charge is 0.494 e. The van der Waals surface area contributed by atoms with Gasteiger partial charge in [-0.1, -0.05) is 23.7 Å². The van der Waals surface area contributed by atoms with Crippen LogP contribution in [0.15, 0.2) is 71.6 Å². The maximum absolute atomic E-state index is 13.1. The van der Waals surface area contributed by atoms with Gasteiger partial charge in [-0.15, -0.1) is 0 Å². The fourth-order valence-electron chi connectivity index (χ4n) is 3.54. The quantitative estimate of drug-likeness (QED) is 0.294. The number of halogens is 2. The zero-order valence-corrected chi connectivity index (χ0v) is 21.7. The second-order valence-electron chi connectivity index (χ2n) is 7.80. The summed E-state index contributed by atoms with van der Waals surface area (Å²) in [5, 5.41) is 5.74. The van der Waals surface area contributed by atoms with Crippen molar-refractivity contribution >= 4 is 50.9 Å². The van der Waals surface area contributed by atoms with Crippen molar-refractivity contribution in [2.45, 2.75) is 6.04 Å². The van der Waals surface area contributed by atoms with Crippen LogP contribution in [0.5, 0.6) is 5.75 Å². The van der Waals surface area contributed by atoms with E-state index in [1.807, 2.05) is 17.8 Å². The number of nitrogens with one attached hydrogen (secondary N) is 2. The average molecular weight is 570 g/mol. The fourth-order valence-corrected chi connectivity index (χ4v) is 3.98. The lowest BCUT2D eigenvalue weighted by Gasteiger charge is -2.16. The molecule has 1 unspecified atom stereocenters. The maximum Gasteiger partial charge on any atom is 0.259 e. The van der Waals surface area contributed by atoms with Crippen LogP contribution in [0.3, 0.4) is 0 Å². The number of rotatable bonds is 7. The summed E-state index contributed by atoms with van der Waals surface area (Å²) in [7, 11) is 3.29. The van der Waals surface area contributed by atoms with Gasteiger partial charge >= 0.3 is 0 Å². The summed E-state index contributed by atoms with van der Waals surface area (Å²) >= 11 is 9.51. The zero-order chi connectivity index (χ0) is 25.8. The number of nitrogens with two attached hydrogens (primary N) is 1. The van der Waals surface area contributed by atoms with Crippen molar-refractivity contribution in [3.05, 3.63) is 99.1 Å². The number of hydrogen-bond donors (Lipinski definition) is 3. The normalized spacial score (nSPS) is 11.6. The molecule has 0 spiro atoms. The Morgan fingerprint density at radius 1 is 1.08 bits per heavy atom. The van der Waals surface area contributed by atoms with E-state index in [0.29, 0.717) is 17.2 Å². The minimum Gasteiger partial charge on any atom is -0.494 e. The molecule has 1 atom stereocenters. The molecule has 11 heteroatoms. The minimum absolute atomic E-state index is 0.117. The van der Waals surface area contributed by atoms with Crippen LogP contribution in [-0.2, 0) is 7.05 Å². The second-order valence-corrected chi connectivity index (χ2v) is 9.15. The molecular weight excluding hydrogens is 548 g/mol. The number of benzene rings is 2. The highest BCUT2D eigenvalue weighted by molar-refractivity contribution is 9.10. The van der Waals surface area contributed by atoms with E-state index in [1.54, 1.807) is 48.8 Å². The molecule has 36 heavy (non-hydrogen) atoms. The highest BCUT2D eigenvalue weighted by Gasteiger charge is 2.21. The van der Waals surface area contributed by atoms with Gasteiger partial charge in [0.25, 0.3) is 11.8 Å². The molecule has 4 N–H and O–H groups in total. The molecule has 0 fully saturated rings. The van der Waals surface area contributed by atoms with Gasteiger partial charge in [0, 0.05) is 46.8 Å². The fraction of sp³-hybridized carbons (Fsp3) is 0.120. The number of carbonyl (C=O) groups is 2. The first kappa shape index (κ1) is 25.4. The first-order valence-corrected chi connectivity index (χ1v) is 11.9. The molecule has 0 radical (unpaired) electrons. The summed E-state index contributed by atoms with van der Waals surface area (Å²) in [6.45, 7) is 0. The molecule has 0 aliphatic rings.